The van der Waals surface area contributed by atoms with Crippen LogP contribution in [0.2, 0.25) is 0 Å². The van der Waals surface area contributed by atoms with Crippen LogP contribution in [0.25, 0.3) is 10.9 Å². The highest BCUT2D eigenvalue weighted by Gasteiger charge is 2.31. The highest BCUT2D eigenvalue weighted by Crippen LogP contribution is 2.28. The van der Waals surface area contributed by atoms with Crippen LogP contribution in [-0.2, 0) is 11.3 Å². The van der Waals surface area contributed by atoms with Crippen LogP contribution in [0.15, 0.2) is 21.4 Å². The van der Waals surface area contributed by atoms with Crippen molar-refractivity contribution in [3.05, 3.63) is 32.8 Å². The van der Waals surface area contributed by atoms with Gasteiger partial charge in [0.1, 0.15) is 5.82 Å². The molecule has 0 N–H and O–H groups in total. The Balaban J connectivity index is 2.00. The van der Waals surface area contributed by atoms with Gasteiger partial charge in [-0.05, 0) is 34.5 Å². The summed E-state index contributed by atoms with van der Waals surface area (Å²) in [6.45, 7) is 2.62. The number of hydrogen-bond acceptors (Lipinski definition) is 4. The van der Waals surface area contributed by atoms with E-state index in [0.717, 1.165) is 13.0 Å². The molecule has 0 radical (unpaired) electrons. The topological polar surface area (TPSA) is 47.4 Å². The maximum atomic E-state index is 13.5. The van der Waals surface area contributed by atoms with E-state index in [9.17, 15) is 9.18 Å². The molecule has 2 aliphatic heterocycles. The van der Waals surface area contributed by atoms with Crippen LogP contribution < -0.4 is 10.5 Å². The second-order valence-electron chi connectivity index (χ2n) is 5.36. The molecule has 5 nitrogen and oxygen atoms in total. The van der Waals surface area contributed by atoms with Gasteiger partial charge in [-0.2, -0.15) is 0 Å². The lowest BCUT2D eigenvalue weighted by Gasteiger charge is -2.41. The van der Waals surface area contributed by atoms with Gasteiger partial charge >= 0.3 is 0 Å². The monoisotopic (exact) mass is 353 g/mol. The number of fused-ring (bicyclic) bond motifs is 4. The van der Waals surface area contributed by atoms with Crippen molar-refractivity contribution in [2.24, 2.45) is 0 Å². The molecule has 0 unspecified atom stereocenters. The Morgan fingerprint density at radius 2 is 2.24 bits per heavy atom. The van der Waals surface area contributed by atoms with Crippen LogP contribution in [0.1, 0.15) is 6.42 Å². The summed E-state index contributed by atoms with van der Waals surface area (Å²) in [6.07, 6.45) is 0.844. The van der Waals surface area contributed by atoms with Crippen molar-refractivity contribution in [3.8, 4) is 0 Å². The van der Waals surface area contributed by atoms with Gasteiger partial charge in [-0.25, -0.2) is 9.37 Å². The molecule has 21 heavy (non-hydrogen) atoms. The number of nitrogens with zero attached hydrogens (tertiary/aromatic N) is 3. The Bertz CT molecular complexity index is 792. The molecule has 3 heterocycles. The van der Waals surface area contributed by atoms with E-state index in [1.54, 1.807) is 4.57 Å². The Morgan fingerprint density at radius 3 is 3.10 bits per heavy atom. The first-order chi connectivity index (χ1) is 10.1. The molecule has 2 aromatic rings. The fourth-order valence-corrected chi connectivity index (χ4v) is 3.62. The molecule has 1 fully saturated rings. The van der Waals surface area contributed by atoms with Gasteiger partial charge in [0, 0.05) is 17.6 Å². The molecular formula is C14H13BrFN3O2. The second-order valence-corrected chi connectivity index (χ2v) is 6.22. The average molecular weight is 354 g/mol. The van der Waals surface area contributed by atoms with Crippen LogP contribution in [-0.4, -0.2) is 35.4 Å². The second kappa shape index (κ2) is 4.78. The average Bonchev–Trinajstić information content (AvgIpc) is 2.48. The van der Waals surface area contributed by atoms with E-state index in [0.29, 0.717) is 41.1 Å². The summed E-state index contributed by atoms with van der Waals surface area (Å²) < 4.78 is 21.2. The Morgan fingerprint density at radius 1 is 1.38 bits per heavy atom. The molecule has 0 bridgehead atoms. The summed E-state index contributed by atoms with van der Waals surface area (Å²) in [4.78, 5) is 19.4. The van der Waals surface area contributed by atoms with Crippen molar-refractivity contribution in [2.75, 3.05) is 24.7 Å². The van der Waals surface area contributed by atoms with E-state index in [4.69, 9.17) is 4.74 Å². The maximum Gasteiger partial charge on any atom is 0.262 e. The Hall–Kier alpha value is -1.47. The molecule has 1 aromatic heterocycles. The van der Waals surface area contributed by atoms with Crippen LogP contribution in [0.4, 0.5) is 10.3 Å². The van der Waals surface area contributed by atoms with Gasteiger partial charge in [-0.15, -0.1) is 0 Å². The zero-order valence-corrected chi connectivity index (χ0v) is 12.8. The van der Waals surface area contributed by atoms with Crippen LogP contribution in [0.5, 0.6) is 0 Å². The van der Waals surface area contributed by atoms with E-state index in [-0.39, 0.29) is 11.6 Å². The fraction of sp³-hybridized carbons (Fsp3) is 0.429. The van der Waals surface area contributed by atoms with E-state index in [1.165, 1.54) is 12.1 Å². The normalized spacial score (nSPS) is 21.2. The van der Waals surface area contributed by atoms with Gasteiger partial charge in [-0.3, -0.25) is 9.36 Å². The third-order valence-electron chi connectivity index (χ3n) is 4.13. The molecule has 7 heteroatoms. The van der Waals surface area contributed by atoms with Gasteiger partial charge in [0.25, 0.3) is 5.56 Å². The Labute approximate surface area is 128 Å². The van der Waals surface area contributed by atoms with Crippen molar-refractivity contribution in [1.82, 2.24) is 9.55 Å². The minimum Gasteiger partial charge on any atom is -0.377 e. The van der Waals surface area contributed by atoms with Crippen molar-refractivity contribution in [3.63, 3.8) is 0 Å². The first-order valence-corrected chi connectivity index (χ1v) is 7.68. The molecule has 0 amide bonds. The number of hydrogen-bond donors (Lipinski definition) is 0. The predicted octanol–water partition coefficient (Wildman–Crippen LogP) is 1.91. The SMILES string of the molecule is O=c1c2cc(F)cc(Br)c2nc2n1CC[C@H]1COCCN21. The summed E-state index contributed by atoms with van der Waals surface area (Å²) >= 11 is 3.30. The lowest BCUT2D eigenvalue weighted by Crippen LogP contribution is -2.52. The summed E-state index contributed by atoms with van der Waals surface area (Å²) in [5.74, 6) is 0.230. The third kappa shape index (κ3) is 1.98. The van der Waals surface area contributed by atoms with Gasteiger partial charge in [0.05, 0.1) is 30.2 Å². The van der Waals surface area contributed by atoms with E-state index in [2.05, 4.69) is 25.8 Å². The molecule has 110 valence electrons. The zero-order chi connectivity index (χ0) is 14.6. The molecule has 2 aliphatic rings. The maximum absolute atomic E-state index is 13.5. The number of halogens is 2. The van der Waals surface area contributed by atoms with Gasteiger partial charge < -0.3 is 9.64 Å². The van der Waals surface area contributed by atoms with Crippen molar-refractivity contribution < 1.29 is 9.13 Å². The molecule has 0 spiro atoms. The number of benzene rings is 1. The first-order valence-electron chi connectivity index (χ1n) is 6.89. The fourth-order valence-electron chi connectivity index (χ4n) is 3.10. The summed E-state index contributed by atoms with van der Waals surface area (Å²) in [5, 5.41) is 0.317. The molecule has 0 saturated carbocycles. The summed E-state index contributed by atoms with van der Waals surface area (Å²) in [6, 6.07) is 2.86. The number of ether oxygens (including phenoxy) is 1. The highest BCUT2D eigenvalue weighted by atomic mass is 79.9. The lowest BCUT2D eigenvalue weighted by molar-refractivity contribution is 0.0844. The van der Waals surface area contributed by atoms with Gasteiger partial charge in [0.2, 0.25) is 5.95 Å². The van der Waals surface area contributed by atoms with E-state index >= 15 is 0 Å². The number of rotatable bonds is 0. The predicted molar refractivity (Wildman–Crippen MR) is 80.2 cm³/mol. The summed E-state index contributed by atoms with van der Waals surface area (Å²) in [7, 11) is 0. The molecular weight excluding hydrogens is 341 g/mol. The largest absolute Gasteiger partial charge is 0.377 e. The standard InChI is InChI=1S/C14H13BrFN3O2/c15-11-6-8(16)5-10-12(11)17-14-18-3-4-21-7-9(18)1-2-19(14)13(10)20/h5-6,9H,1-4,7H2/t9-/m0/s1. The molecule has 1 aromatic carbocycles. The number of anilines is 1. The van der Waals surface area contributed by atoms with Crippen molar-refractivity contribution >= 4 is 32.8 Å². The smallest absolute Gasteiger partial charge is 0.262 e. The molecule has 4 rings (SSSR count). The zero-order valence-electron chi connectivity index (χ0n) is 11.2. The van der Waals surface area contributed by atoms with E-state index in [1.807, 2.05) is 0 Å². The van der Waals surface area contributed by atoms with E-state index < -0.39 is 5.82 Å². The minimum absolute atomic E-state index is 0.180. The van der Waals surface area contributed by atoms with Gasteiger partial charge in [0.15, 0.2) is 0 Å². The molecule has 1 saturated heterocycles. The number of morpholine rings is 1. The van der Waals surface area contributed by atoms with Crippen molar-refractivity contribution in [1.29, 1.82) is 0 Å². The van der Waals surface area contributed by atoms with Crippen LogP contribution >= 0.6 is 15.9 Å². The van der Waals surface area contributed by atoms with Crippen LogP contribution in [0.3, 0.4) is 0 Å². The Kier molecular flexibility index (Phi) is 3.00. The van der Waals surface area contributed by atoms with Crippen LogP contribution in [0, 0.1) is 5.82 Å². The lowest BCUT2D eigenvalue weighted by atomic mass is 10.1. The highest BCUT2D eigenvalue weighted by molar-refractivity contribution is 9.10. The molecule has 0 aliphatic carbocycles. The molecule has 1 atom stereocenters. The minimum atomic E-state index is -0.436. The van der Waals surface area contributed by atoms with Crippen molar-refractivity contribution in [2.45, 2.75) is 19.0 Å². The first kappa shape index (κ1) is 13.2. The number of aromatic nitrogens is 2. The van der Waals surface area contributed by atoms with Gasteiger partial charge in [-0.1, -0.05) is 0 Å². The quantitative estimate of drug-likeness (QED) is 0.725. The third-order valence-corrected chi connectivity index (χ3v) is 4.73. The summed E-state index contributed by atoms with van der Waals surface area (Å²) in [5.41, 5.74) is 0.333.